The van der Waals surface area contributed by atoms with Crippen LogP contribution in [0.1, 0.15) is 18.0 Å². The standard InChI is InChI=1S/C9H10N2O3/c12-9-2-1-6(11(13)14)5-7(9)8-3-4-10-8/h1-2,5,8,10,12H,3-4H2/t8-/m1/s1. The van der Waals surface area contributed by atoms with Gasteiger partial charge < -0.3 is 10.4 Å². The average molecular weight is 194 g/mol. The highest BCUT2D eigenvalue weighted by molar-refractivity contribution is 5.45. The van der Waals surface area contributed by atoms with E-state index in [1.807, 2.05) is 0 Å². The molecule has 5 heteroatoms. The monoisotopic (exact) mass is 194 g/mol. The fourth-order valence-electron chi connectivity index (χ4n) is 1.49. The minimum atomic E-state index is -0.457. The molecule has 2 N–H and O–H groups in total. The van der Waals surface area contributed by atoms with Gasteiger partial charge in [-0.1, -0.05) is 0 Å². The number of hydrogen-bond donors (Lipinski definition) is 2. The van der Waals surface area contributed by atoms with Crippen LogP contribution in [0, 0.1) is 10.1 Å². The average Bonchev–Trinajstić information content (AvgIpc) is 2.05. The molecule has 0 radical (unpaired) electrons. The van der Waals surface area contributed by atoms with Crippen molar-refractivity contribution in [2.45, 2.75) is 12.5 Å². The molecule has 0 aliphatic carbocycles. The lowest BCUT2D eigenvalue weighted by Gasteiger charge is -2.28. The maximum Gasteiger partial charge on any atom is 0.270 e. The fourth-order valence-corrected chi connectivity index (χ4v) is 1.49. The number of benzene rings is 1. The van der Waals surface area contributed by atoms with Crippen LogP contribution < -0.4 is 5.32 Å². The highest BCUT2D eigenvalue weighted by Gasteiger charge is 2.23. The predicted octanol–water partition coefficient (Wildman–Crippen LogP) is 1.33. The van der Waals surface area contributed by atoms with Crippen molar-refractivity contribution in [2.75, 3.05) is 6.54 Å². The zero-order valence-electron chi connectivity index (χ0n) is 7.43. The third-order valence-corrected chi connectivity index (χ3v) is 2.42. The van der Waals surface area contributed by atoms with Crippen molar-refractivity contribution in [3.8, 4) is 5.75 Å². The summed E-state index contributed by atoms with van der Waals surface area (Å²) in [6.07, 6.45) is 0.911. The van der Waals surface area contributed by atoms with E-state index < -0.39 is 4.92 Å². The van der Waals surface area contributed by atoms with Gasteiger partial charge in [-0.05, 0) is 19.0 Å². The Balaban J connectivity index is 2.36. The Morgan fingerprint density at radius 3 is 2.79 bits per heavy atom. The van der Waals surface area contributed by atoms with Crippen molar-refractivity contribution in [2.24, 2.45) is 0 Å². The Morgan fingerprint density at radius 2 is 2.29 bits per heavy atom. The number of aromatic hydroxyl groups is 1. The third-order valence-electron chi connectivity index (χ3n) is 2.42. The Bertz CT molecular complexity index is 374. The minimum absolute atomic E-state index is 0.0199. The van der Waals surface area contributed by atoms with E-state index in [-0.39, 0.29) is 17.5 Å². The highest BCUT2D eigenvalue weighted by Crippen LogP contribution is 2.32. The first kappa shape index (κ1) is 8.96. The summed E-state index contributed by atoms with van der Waals surface area (Å²) in [5.74, 6) is 0.118. The van der Waals surface area contributed by atoms with Crippen molar-refractivity contribution in [3.05, 3.63) is 33.9 Å². The molecule has 2 rings (SSSR count). The largest absolute Gasteiger partial charge is 0.508 e. The van der Waals surface area contributed by atoms with Gasteiger partial charge in [0.15, 0.2) is 0 Å². The molecule has 5 nitrogen and oxygen atoms in total. The summed E-state index contributed by atoms with van der Waals surface area (Å²) in [7, 11) is 0. The summed E-state index contributed by atoms with van der Waals surface area (Å²) < 4.78 is 0. The van der Waals surface area contributed by atoms with Gasteiger partial charge in [0.2, 0.25) is 0 Å². The van der Waals surface area contributed by atoms with Crippen molar-refractivity contribution < 1.29 is 10.0 Å². The van der Waals surface area contributed by atoms with Gasteiger partial charge in [0.05, 0.1) is 4.92 Å². The first-order valence-corrected chi connectivity index (χ1v) is 4.39. The number of non-ortho nitro benzene ring substituents is 1. The number of phenolic OH excluding ortho intramolecular Hbond substituents is 1. The van der Waals surface area contributed by atoms with Crippen LogP contribution >= 0.6 is 0 Å². The minimum Gasteiger partial charge on any atom is -0.508 e. The number of rotatable bonds is 2. The number of phenols is 1. The lowest BCUT2D eigenvalue weighted by Crippen LogP contribution is -2.34. The molecule has 0 amide bonds. The van der Waals surface area contributed by atoms with Crippen LogP contribution in [-0.2, 0) is 0 Å². The molecule has 1 aromatic carbocycles. The summed E-state index contributed by atoms with van der Waals surface area (Å²) in [5.41, 5.74) is 0.636. The normalized spacial score (nSPS) is 20.1. The zero-order chi connectivity index (χ0) is 10.1. The van der Waals surface area contributed by atoms with Gasteiger partial charge in [-0.2, -0.15) is 0 Å². The van der Waals surface area contributed by atoms with Crippen LogP contribution in [0.5, 0.6) is 5.75 Å². The van der Waals surface area contributed by atoms with Crippen molar-refractivity contribution in [1.29, 1.82) is 0 Å². The van der Waals surface area contributed by atoms with E-state index >= 15 is 0 Å². The molecule has 1 fully saturated rings. The Morgan fingerprint density at radius 1 is 1.57 bits per heavy atom. The second-order valence-electron chi connectivity index (χ2n) is 3.30. The number of nitro benzene ring substituents is 1. The zero-order valence-corrected chi connectivity index (χ0v) is 7.43. The van der Waals surface area contributed by atoms with Gasteiger partial charge in [0, 0.05) is 23.7 Å². The Kier molecular flexibility index (Phi) is 2.09. The summed E-state index contributed by atoms with van der Waals surface area (Å²) in [6, 6.07) is 4.16. The SMILES string of the molecule is O=[N+]([O-])c1ccc(O)c([C@H]2CCN2)c1. The van der Waals surface area contributed by atoms with Crippen molar-refractivity contribution >= 4 is 5.69 Å². The van der Waals surface area contributed by atoms with Crippen LogP contribution in [-0.4, -0.2) is 16.6 Å². The molecule has 1 saturated heterocycles. The second-order valence-corrected chi connectivity index (χ2v) is 3.30. The van der Waals surface area contributed by atoms with Gasteiger partial charge in [-0.15, -0.1) is 0 Å². The van der Waals surface area contributed by atoms with E-state index in [0.29, 0.717) is 5.56 Å². The number of nitro groups is 1. The number of nitrogens with one attached hydrogen (secondary N) is 1. The smallest absolute Gasteiger partial charge is 0.270 e. The van der Waals surface area contributed by atoms with Gasteiger partial charge in [-0.3, -0.25) is 10.1 Å². The Labute approximate surface area is 80.5 Å². The van der Waals surface area contributed by atoms with E-state index in [0.717, 1.165) is 13.0 Å². The fraction of sp³-hybridized carbons (Fsp3) is 0.333. The number of nitrogens with zero attached hydrogens (tertiary/aromatic N) is 1. The molecular formula is C9H10N2O3. The van der Waals surface area contributed by atoms with E-state index in [1.165, 1.54) is 18.2 Å². The second kappa shape index (κ2) is 3.26. The summed E-state index contributed by atoms with van der Waals surface area (Å²) >= 11 is 0. The molecule has 0 saturated carbocycles. The number of hydrogen-bond acceptors (Lipinski definition) is 4. The maximum atomic E-state index is 10.5. The molecule has 0 unspecified atom stereocenters. The summed E-state index contributed by atoms with van der Waals surface area (Å²) in [5, 5.41) is 23.1. The van der Waals surface area contributed by atoms with E-state index in [4.69, 9.17) is 0 Å². The molecule has 74 valence electrons. The third kappa shape index (κ3) is 1.42. The molecule has 1 aromatic rings. The maximum absolute atomic E-state index is 10.5. The molecule has 1 atom stereocenters. The molecule has 1 heterocycles. The van der Waals surface area contributed by atoms with Crippen LogP contribution in [0.2, 0.25) is 0 Å². The molecule has 0 spiro atoms. The van der Waals surface area contributed by atoms with Gasteiger partial charge >= 0.3 is 0 Å². The molecule has 0 aromatic heterocycles. The molecule has 1 aliphatic heterocycles. The highest BCUT2D eigenvalue weighted by atomic mass is 16.6. The Hall–Kier alpha value is -1.62. The molecule has 0 bridgehead atoms. The van der Waals surface area contributed by atoms with Crippen molar-refractivity contribution in [3.63, 3.8) is 0 Å². The predicted molar refractivity (Wildman–Crippen MR) is 50.1 cm³/mol. The first-order chi connectivity index (χ1) is 6.68. The molecular weight excluding hydrogens is 184 g/mol. The summed E-state index contributed by atoms with van der Waals surface area (Å²) in [6.45, 7) is 0.896. The van der Waals surface area contributed by atoms with Gasteiger partial charge in [0.25, 0.3) is 5.69 Å². The van der Waals surface area contributed by atoms with Crippen LogP contribution in [0.25, 0.3) is 0 Å². The molecule has 14 heavy (non-hydrogen) atoms. The van der Waals surface area contributed by atoms with Gasteiger partial charge in [0.1, 0.15) is 5.75 Å². The lowest BCUT2D eigenvalue weighted by atomic mass is 9.97. The quantitative estimate of drug-likeness (QED) is 0.550. The van der Waals surface area contributed by atoms with E-state index in [9.17, 15) is 15.2 Å². The van der Waals surface area contributed by atoms with E-state index in [2.05, 4.69) is 5.32 Å². The van der Waals surface area contributed by atoms with Crippen LogP contribution in [0.3, 0.4) is 0 Å². The lowest BCUT2D eigenvalue weighted by molar-refractivity contribution is -0.385. The first-order valence-electron chi connectivity index (χ1n) is 4.39. The molecule has 1 aliphatic rings. The summed E-state index contributed by atoms with van der Waals surface area (Å²) in [4.78, 5) is 10.0. The van der Waals surface area contributed by atoms with Crippen molar-refractivity contribution in [1.82, 2.24) is 5.32 Å². The topological polar surface area (TPSA) is 75.4 Å². The van der Waals surface area contributed by atoms with Crippen LogP contribution in [0.15, 0.2) is 18.2 Å². The van der Waals surface area contributed by atoms with E-state index in [1.54, 1.807) is 0 Å². The van der Waals surface area contributed by atoms with Crippen LogP contribution in [0.4, 0.5) is 5.69 Å². The van der Waals surface area contributed by atoms with Gasteiger partial charge in [-0.25, -0.2) is 0 Å².